The van der Waals surface area contributed by atoms with E-state index in [2.05, 4.69) is 78.9 Å². The van der Waals surface area contributed by atoms with Crippen molar-refractivity contribution in [1.29, 1.82) is 0 Å². The lowest BCUT2D eigenvalue weighted by atomic mass is 9.13. The standard InChI is InChI=1S/C30H56B/c1-9-11-13-15-17-19-21-23-25-31(29(7)27(3)4,30(8)28(5)6)26-24-22-20-18-16-14-12-10-2/h27-30H,9-22H2,1-8H3/q-1. The summed E-state index contributed by atoms with van der Waals surface area (Å²) < 4.78 is 0. The topological polar surface area (TPSA) is 0 Å². The fourth-order valence-electron chi connectivity index (χ4n) is 4.72. The number of hydrogen-bond donors (Lipinski definition) is 0. The average molecular weight is 428 g/mol. The van der Waals surface area contributed by atoms with Crippen molar-refractivity contribution in [3.8, 4) is 23.5 Å². The third kappa shape index (κ3) is 12.7. The summed E-state index contributed by atoms with van der Waals surface area (Å²) in [6.45, 7) is 18.8. The van der Waals surface area contributed by atoms with Crippen LogP contribution in [0.1, 0.15) is 145 Å². The SMILES string of the molecule is CCCCCCCCC#C[B-](C#CCCCCCCCC)(C(C)C(C)C)C(C)C(C)C. The lowest BCUT2D eigenvalue weighted by Crippen LogP contribution is -2.45. The summed E-state index contributed by atoms with van der Waals surface area (Å²) in [6, 6.07) is 0. The largest absolute Gasteiger partial charge is 0.298 e. The molecule has 0 spiro atoms. The molecule has 1 heteroatoms. The van der Waals surface area contributed by atoms with Crippen LogP contribution in [0.15, 0.2) is 0 Å². The summed E-state index contributed by atoms with van der Waals surface area (Å²) in [4.78, 5) is 0. The average Bonchev–Trinajstić information content (AvgIpc) is 2.74. The summed E-state index contributed by atoms with van der Waals surface area (Å²) in [5.41, 5.74) is 0. The number of hydrogen-bond acceptors (Lipinski definition) is 0. The van der Waals surface area contributed by atoms with Crippen LogP contribution < -0.4 is 0 Å². The molecule has 2 atom stereocenters. The highest BCUT2D eigenvalue weighted by molar-refractivity contribution is 6.96. The monoisotopic (exact) mass is 427 g/mol. The van der Waals surface area contributed by atoms with Gasteiger partial charge in [-0.25, -0.2) is 0 Å². The maximum atomic E-state index is 3.86. The molecule has 31 heavy (non-hydrogen) atoms. The highest BCUT2D eigenvalue weighted by Crippen LogP contribution is 2.40. The summed E-state index contributed by atoms with van der Waals surface area (Å²) in [7, 11) is 0. The Hall–Kier alpha value is -0.815. The van der Waals surface area contributed by atoms with Crippen molar-refractivity contribution >= 4 is 6.15 Å². The molecule has 2 unspecified atom stereocenters. The van der Waals surface area contributed by atoms with Crippen molar-refractivity contribution < 1.29 is 0 Å². The maximum absolute atomic E-state index is 3.86. The third-order valence-corrected chi connectivity index (χ3v) is 7.75. The minimum absolute atomic E-state index is 0.548. The Kier molecular flexibility index (Phi) is 18.2. The molecular formula is C30H56B-. The summed E-state index contributed by atoms with van der Waals surface area (Å²) >= 11 is 0. The van der Waals surface area contributed by atoms with E-state index in [1.165, 1.54) is 77.0 Å². The van der Waals surface area contributed by atoms with E-state index in [0.717, 1.165) is 12.8 Å². The zero-order valence-corrected chi connectivity index (χ0v) is 22.8. The molecule has 0 saturated carbocycles. The fourth-order valence-corrected chi connectivity index (χ4v) is 4.72. The second-order valence-corrected chi connectivity index (χ2v) is 10.9. The van der Waals surface area contributed by atoms with E-state index >= 15 is 0 Å². The molecule has 0 aliphatic heterocycles. The van der Waals surface area contributed by atoms with E-state index in [1.54, 1.807) is 0 Å². The van der Waals surface area contributed by atoms with Crippen molar-refractivity contribution in [1.82, 2.24) is 0 Å². The van der Waals surface area contributed by atoms with E-state index in [9.17, 15) is 0 Å². The molecule has 0 aromatic carbocycles. The zero-order valence-electron chi connectivity index (χ0n) is 22.8. The van der Waals surface area contributed by atoms with E-state index in [-0.39, 0.29) is 0 Å². The van der Waals surface area contributed by atoms with Crippen LogP contribution in [0.5, 0.6) is 0 Å². The Morgan fingerprint density at radius 3 is 1.13 bits per heavy atom. The Labute approximate surface area is 198 Å². The molecule has 0 aliphatic carbocycles. The molecule has 0 bridgehead atoms. The highest BCUT2D eigenvalue weighted by Gasteiger charge is 2.35. The number of rotatable bonds is 16. The van der Waals surface area contributed by atoms with Crippen LogP contribution in [0, 0.1) is 35.3 Å². The lowest BCUT2D eigenvalue weighted by molar-refractivity contribution is 0.560. The van der Waals surface area contributed by atoms with Crippen LogP contribution in [-0.4, -0.2) is 6.15 Å². The molecule has 0 aromatic heterocycles. The van der Waals surface area contributed by atoms with E-state index in [0.29, 0.717) is 23.5 Å². The van der Waals surface area contributed by atoms with E-state index < -0.39 is 6.15 Å². The van der Waals surface area contributed by atoms with Crippen molar-refractivity contribution in [3.05, 3.63) is 0 Å². The first kappa shape index (κ1) is 30.2. The Balaban J connectivity index is 5.23. The van der Waals surface area contributed by atoms with Crippen LogP contribution in [0.25, 0.3) is 0 Å². The van der Waals surface area contributed by atoms with Gasteiger partial charge >= 0.3 is 0 Å². The molecule has 180 valence electrons. The maximum Gasteiger partial charge on any atom is 0.145 e. The minimum atomic E-state index is -1.00. The van der Waals surface area contributed by atoms with E-state index in [4.69, 9.17) is 0 Å². The van der Waals surface area contributed by atoms with Crippen LogP contribution in [-0.2, 0) is 0 Å². The van der Waals surface area contributed by atoms with Gasteiger partial charge in [-0.1, -0.05) is 131 Å². The summed E-state index contributed by atoms with van der Waals surface area (Å²) in [5.74, 6) is 17.3. The van der Waals surface area contributed by atoms with Gasteiger partial charge in [-0.2, -0.15) is 0 Å². The Bertz CT molecular complexity index is 486. The molecule has 0 nitrogen and oxygen atoms in total. The zero-order chi connectivity index (χ0) is 23.5. The normalized spacial score (nSPS) is 13.5. The minimum Gasteiger partial charge on any atom is -0.298 e. The van der Waals surface area contributed by atoms with Gasteiger partial charge in [0, 0.05) is 12.8 Å². The van der Waals surface area contributed by atoms with Crippen molar-refractivity contribution in [2.24, 2.45) is 11.8 Å². The molecule has 0 N–H and O–H groups in total. The molecule has 0 heterocycles. The van der Waals surface area contributed by atoms with E-state index in [1.807, 2.05) is 0 Å². The van der Waals surface area contributed by atoms with Gasteiger partial charge in [0.15, 0.2) is 0 Å². The van der Waals surface area contributed by atoms with Crippen LogP contribution in [0.2, 0.25) is 11.6 Å². The van der Waals surface area contributed by atoms with Gasteiger partial charge < -0.3 is 0 Å². The van der Waals surface area contributed by atoms with Crippen LogP contribution >= 0.6 is 0 Å². The second-order valence-electron chi connectivity index (χ2n) is 10.9. The van der Waals surface area contributed by atoms with Gasteiger partial charge in [-0.05, 0) is 12.8 Å². The highest BCUT2D eigenvalue weighted by atomic mass is 14.2. The first-order valence-corrected chi connectivity index (χ1v) is 14.0. The predicted molar refractivity (Wildman–Crippen MR) is 146 cm³/mol. The van der Waals surface area contributed by atoms with Gasteiger partial charge in [-0.15, -0.1) is 23.5 Å². The first-order valence-electron chi connectivity index (χ1n) is 14.0. The van der Waals surface area contributed by atoms with Gasteiger partial charge in [0.25, 0.3) is 0 Å². The molecule has 0 saturated heterocycles. The summed E-state index contributed by atoms with van der Waals surface area (Å²) in [5, 5.41) is 0. The van der Waals surface area contributed by atoms with Crippen molar-refractivity contribution in [3.63, 3.8) is 0 Å². The lowest BCUT2D eigenvalue weighted by Gasteiger charge is -2.46. The third-order valence-electron chi connectivity index (χ3n) is 7.75. The molecule has 0 fully saturated rings. The van der Waals surface area contributed by atoms with Crippen LogP contribution in [0.3, 0.4) is 0 Å². The molecule has 0 radical (unpaired) electrons. The number of unbranched alkanes of at least 4 members (excludes halogenated alkanes) is 12. The predicted octanol–water partition coefficient (Wildman–Crippen LogP) is 10.1. The molecular weight excluding hydrogens is 371 g/mol. The quantitative estimate of drug-likeness (QED) is 0.131. The smallest absolute Gasteiger partial charge is 0.145 e. The van der Waals surface area contributed by atoms with Gasteiger partial charge in [0.05, 0.1) is 0 Å². The molecule has 0 amide bonds. The molecule has 0 aromatic rings. The van der Waals surface area contributed by atoms with Crippen molar-refractivity contribution in [2.75, 3.05) is 0 Å². The van der Waals surface area contributed by atoms with Crippen LogP contribution in [0.4, 0.5) is 0 Å². The molecule has 0 rings (SSSR count). The van der Waals surface area contributed by atoms with Gasteiger partial charge in [0.2, 0.25) is 0 Å². The van der Waals surface area contributed by atoms with Gasteiger partial charge in [-0.3, -0.25) is 11.6 Å². The molecule has 0 aliphatic rings. The summed E-state index contributed by atoms with van der Waals surface area (Å²) in [6.07, 6.45) is 17.2. The Morgan fingerprint density at radius 1 is 0.484 bits per heavy atom. The Morgan fingerprint density at radius 2 is 0.806 bits per heavy atom. The first-order chi connectivity index (χ1) is 14.8. The van der Waals surface area contributed by atoms with Crippen molar-refractivity contribution in [2.45, 2.75) is 157 Å². The van der Waals surface area contributed by atoms with Gasteiger partial charge in [0.1, 0.15) is 6.15 Å². The second kappa shape index (κ2) is 18.7. The fraction of sp³-hybridized carbons (Fsp3) is 0.867.